The van der Waals surface area contributed by atoms with Gasteiger partial charge in [-0.2, -0.15) is 0 Å². The molecule has 6 heteroatoms. The Bertz CT molecular complexity index is 561. The molecule has 0 saturated heterocycles. The molecule has 0 bridgehead atoms. The van der Waals surface area contributed by atoms with Crippen LogP contribution >= 0.6 is 12.2 Å². The topological polar surface area (TPSA) is 46.6 Å². The largest absolute Gasteiger partial charge is 0.434 e. The van der Waals surface area contributed by atoms with E-state index in [1.807, 2.05) is 6.92 Å². The van der Waals surface area contributed by atoms with Crippen LogP contribution in [0.2, 0.25) is 0 Å². The van der Waals surface area contributed by atoms with Crippen molar-refractivity contribution in [3.05, 3.63) is 42.3 Å². The van der Waals surface area contributed by atoms with Crippen LogP contribution in [0.4, 0.5) is 0 Å². The van der Waals surface area contributed by atoms with Gasteiger partial charge >= 0.3 is 0 Å². The van der Waals surface area contributed by atoms with Crippen LogP contribution in [0.5, 0.6) is 0 Å². The van der Waals surface area contributed by atoms with E-state index in [0.717, 1.165) is 9.87 Å². The molecule has 0 fully saturated rings. The second-order valence-corrected chi connectivity index (χ2v) is 6.32. The second-order valence-electron chi connectivity index (χ2n) is 3.77. The molecule has 0 N–H and O–H groups in total. The molecule has 0 aliphatic heterocycles. The number of thiocarbonyl (C=S) groups is 1. The molecule has 0 atom stereocenters. The SMILES string of the molecule is C=C(OC(C)=S)N(C)S(=O)(=O)c1ccc(C)cc1. The zero-order chi connectivity index (χ0) is 13.9. The predicted octanol–water partition coefficient (Wildman–Crippen LogP) is 2.45. The molecule has 0 spiro atoms. The minimum Gasteiger partial charge on any atom is -0.434 e. The summed E-state index contributed by atoms with van der Waals surface area (Å²) in [6.07, 6.45) is 0. The molecule has 0 aliphatic rings. The standard InChI is InChI=1S/C12H15NO3S2/c1-9-5-7-12(8-6-9)18(14,15)13(4)10(2)16-11(3)17/h5-8H,2H2,1,3-4H3. The summed E-state index contributed by atoms with van der Waals surface area (Å²) in [7, 11) is -2.28. The van der Waals surface area contributed by atoms with Gasteiger partial charge in [0.25, 0.3) is 10.0 Å². The van der Waals surface area contributed by atoms with Crippen LogP contribution in [0.3, 0.4) is 0 Å². The van der Waals surface area contributed by atoms with Crippen LogP contribution in [0.15, 0.2) is 41.6 Å². The minimum absolute atomic E-state index is 0.0249. The molecule has 0 amide bonds. The van der Waals surface area contributed by atoms with Crippen LogP contribution in [-0.2, 0) is 14.8 Å². The zero-order valence-corrected chi connectivity index (χ0v) is 12.1. The molecule has 18 heavy (non-hydrogen) atoms. The third kappa shape index (κ3) is 3.30. The fraction of sp³-hybridized carbons (Fsp3) is 0.250. The molecule has 0 aliphatic carbocycles. The highest BCUT2D eigenvalue weighted by molar-refractivity contribution is 7.89. The van der Waals surface area contributed by atoms with Gasteiger partial charge in [0.15, 0.2) is 5.05 Å². The number of benzene rings is 1. The number of rotatable bonds is 4. The molecule has 98 valence electrons. The Labute approximate surface area is 113 Å². The fourth-order valence-electron chi connectivity index (χ4n) is 1.23. The molecule has 4 nitrogen and oxygen atoms in total. The third-order valence-corrected chi connectivity index (χ3v) is 4.17. The zero-order valence-electron chi connectivity index (χ0n) is 10.5. The average Bonchev–Trinajstić information content (AvgIpc) is 2.27. The molecule has 1 aromatic carbocycles. The number of sulfonamides is 1. The molecule has 0 saturated carbocycles. The first kappa shape index (κ1) is 14.7. The lowest BCUT2D eigenvalue weighted by Gasteiger charge is -2.20. The highest BCUT2D eigenvalue weighted by Crippen LogP contribution is 2.18. The smallest absolute Gasteiger partial charge is 0.266 e. The van der Waals surface area contributed by atoms with E-state index in [9.17, 15) is 8.42 Å². The molecular formula is C12H15NO3S2. The van der Waals surface area contributed by atoms with E-state index in [1.54, 1.807) is 31.2 Å². The number of aryl methyl sites for hydroxylation is 1. The normalized spacial score (nSPS) is 10.8. The molecule has 0 unspecified atom stereocenters. The lowest BCUT2D eigenvalue weighted by atomic mass is 10.2. The van der Waals surface area contributed by atoms with Gasteiger partial charge in [-0.25, -0.2) is 12.7 Å². The van der Waals surface area contributed by atoms with Gasteiger partial charge in [-0.05, 0) is 37.9 Å². The van der Waals surface area contributed by atoms with Crippen molar-refractivity contribution in [2.24, 2.45) is 0 Å². The van der Waals surface area contributed by atoms with Crippen LogP contribution in [-0.4, -0.2) is 24.8 Å². The highest BCUT2D eigenvalue weighted by atomic mass is 32.2. The van der Waals surface area contributed by atoms with Gasteiger partial charge in [0, 0.05) is 14.0 Å². The van der Waals surface area contributed by atoms with Gasteiger partial charge in [0.05, 0.1) is 4.90 Å². The van der Waals surface area contributed by atoms with Crippen molar-refractivity contribution in [2.45, 2.75) is 18.7 Å². The van der Waals surface area contributed by atoms with Crippen molar-refractivity contribution < 1.29 is 13.2 Å². The Hall–Kier alpha value is -1.40. The van der Waals surface area contributed by atoms with E-state index in [-0.39, 0.29) is 15.8 Å². The number of nitrogens with zero attached hydrogens (tertiary/aromatic N) is 1. The predicted molar refractivity (Wildman–Crippen MR) is 74.6 cm³/mol. The summed E-state index contributed by atoms with van der Waals surface area (Å²) in [5.74, 6) is -0.0249. The summed E-state index contributed by atoms with van der Waals surface area (Å²) in [6, 6.07) is 6.54. The van der Waals surface area contributed by atoms with E-state index in [1.165, 1.54) is 7.05 Å². The Kier molecular flexibility index (Phi) is 4.48. The average molecular weight is 285 g/mol. The fourth-order valence-corrected chi connectivity index (χ4v) is 2.43. The van der Waals surface area contributed by atoms with Crippen LogP contribution in [0.25, 0.3) is 0 Å². The quantitative estimate of drug-likeness (QED) is 0.630. The van der Waals surface area contributed by atoms with Crippen molar-refractivity contribution in [1.29, 1.82) is 0 Å². The van der Waals surface area contributed by atoms with Gasteiger partial charge in [-0.1, -0.05) is 17.7 Å². The third-order valence-electron chi connectivity index (χ3n) is 2.29. The number of hydrogen-bond donors (Lipinski definition) is 0. The van der Waals surface area contributed by atoms with Gasteiger partial charge in [0.1, 0.15) is 0 Å². The molecule has 0 radical (unpaired) electrons. The van der Waals surface area contributed by atoms with Crippen molar-refractivity contribution >= 4 is 27.3 Å². The monoisotopic (exact) mass is 285 g/mol. The number of ether oxygens (including phenoxy) is 1. The van der Waals surface area contributed by atoms with E-state index in [4.69, 9.17) is 17.0 Å². The summed E-state index contributed by atoms with van der Waals surface area (Å²) in [5, 5.41) is 0.214. The Morgan fingerprint density at radius 2 is 1.83 bits per heavy atom. The van der Waals surface area contributed by atoms with Crippen molar-refractivity contribution in [3.63, 3.8) is 0 Å². The van der Waals surface area contributed by atoms with Crippen molar-refractivity contribution in [2.75, 3.05) is 7.05 Å². The Balaban J connectivity index is 3.03. The first-order chi connectivity index (χ1) is 8.25. The molecule has 0 aromatic heterocycles. The Morgan fingerprint density at radius 1 is 1.33 bits per heavy atom. The van der Waals surface area contributed by atoms with Crippen molar-refractivity contribution in [1.82, 2.24) is 4.31 Å². The van der Waals surface area contributed by atoms with E-state index in [0.29, 0.717) is 0 Å². The lowest BCUT2D eigenvalue weighted by Crippen LogP contribution is -2.27. The van der Waals surface area contributed by atoms with E-state index >= 15 is 0 Å². The first-order valence-corrected chi connectivity index (χ1v) is 7.03. The highest BCUT2D eigenvalue weighted by Gasteiger charge is 2.23. The van der Waals surface area contributed by atoms with Crippen molar-refractivity contribution in [3.8, 4) is 0 Å². The maximum Gasteiger partial charge on any atom is 0.266 e. The minimum atomic E-state index is -3.65. The molecular weight excluding hydrogens is 270 g/mol. The summed E-state index contributed by atoms with van der Waals surface area (Å²) < 4.78 is 30.4. The maximum absolute atomic E-state index is 12.2. The van der Waals surface area contributed by atoms with E-state index in [2.05, 4.69) is 6.58 Å². The first-order valence-electron chi connectivity index (χ1n) is 5.18. The van der Waals surface area contributed by atoms with E-state index < -0.39 is 10.0 Å². The molecule has 0 heterocycles. The van der Waals surface area contributed by atoms with Crippen LogP contribution in [0.1, 0.15) is 12.5 Å². The maximum atomic E-state index is 12.2. The van der Waals surface area contributed by atoms with Gasteiger partial charge in [0.2, 0.25) is 5.88 Å². The number of hydrogen-bond acceptors (Lipinski definition) is 4. The summed E-state index contributed by atoms with van der Waals surface area (Å²) >= 11 is 4.74. The summed E-state index contributed by atoms with van der Waals surface area (Å²) in [4.78, 5) is 0.183. The summed E-state index contributed by atoms with van der Waals surface area (Å²) in [5.41, 5.74) is 0.987. The molecule has 1 aromatic rings. The molecule has 1 rings (SSSR count). The Morgan fingerprint density at radius 3 is 2.28 bits per heavy atom. The lowest BCUT2D eigenvalue weighted by molar-refractivity contribution is 0.320. The van der Waals surface area contributed by atoms with Crippen LogP contribution < -0.4 is 0 Å². The van der Waals surface area contributed by atoms with Gasteiger partial charge in [-0.3, -0.25) is 0 Å². The van der Waals surface area contributed by atoms with Gasteiger partial charge in [-0.15, -0.1) is 0 Å². The summed E-state index contributed by atoms with van der Waals surface area (Å²) in [6.45, 7) is 6.98. The van der Waals surface area contributed by atoms with Crippen LogP contribution in [0, 0.1) is 6.92 Å². The van der Waals surface area contributed by atoms with Gasteiger partial charge < -0.3 is 4.74 Å². The second kappa shape index (κ2) is 5.49.